The van der Waals surface area contributed by atoms with Crippen molar-refractivity contribution in [3.8, 4) is 0 Å². The predicted octanol–water partition coefficient (Wildman–Crippen LogP) is 0.0716. The molecule has 0 aliphatic carbocycles. The molecule has 0 saturated heterocycles. The zero-order valence-electron chi connectivity index (χ0n) is 10.7. The molecule has 99 valence electrons. The molecule has 2 N–H and O–H groups in total. The maximum absolute atomic E-state index is 11.6. The van der Waals surface area contributed by atoms with Gasteiger partial charge in [0, 0.05) is 26.9 Å². The van der Waals surface area contributed by atoms with Crippen LogP contribution in [0.2, 0.25) is 0 Å². The molecule has 0 rings (SSSR count). The van der Waals surface area contributed by atoms with Gasteiger partial charge in [0.05, 0.1) is 0 Å². The van der Waals surface area contributed by atoms with E-state index in [-0.39, 0.29) is 0 Å². The molecule has 7 heteroatoms. The summed E-state index contributed by atoms with van der Waals surface area (Å²) in [5.74, 6) is -0.418. The summed E-state index contributed by atoms with van der Waals surface area (Å²) < 4.78 is 14.8. The Morgan fingerprint density at radius 1 is 1.35 bits per heavy atom. The van der Waals surface area contributed by atoms with Crippen LogP contribution in [0.1, 0.15) is 19.8 Å². The van der Waals surface area contributed by atoms with Gasteiger partial charge in [0.25, 0.3) is 0 Å². The van der Waals surface area contributed by atoms with Gasteiger partial charge in [-0.05, 0) is 6.42 Å². The highest BCUT2D eigenvalue weighted by molar-refractivity contribution is 6.53. The lowest BCUT2D eigenvalue weighted by molar-refractivity contribution is -0.303. The van der Waals surface area contributed by atoms with Gasteiger partial charge in [0.1, 0.15) is 0 Å². The molecule has 0 aromatic heterocycles. The van der Waals surface area contributed by atoms with Gasteiger partial charge in [-0.1, -0.05) is 19.9 Å². The standard InChI is InChI=1S/C10H20NO5Si/c1-6-7-8(2)9(12)11-17(13)10(14-3,15-4)16-5/h13H,2,6-7H2,1,3-5H3,(H,11,12). The summed E-state index contributed by atoms with van der Waals surface area (Å²) in [5, 5.41) is 0. The molecule has 0 bridgehead atoms. The summed E-state index contributed by atoms with van der Waals surface area (Å²) in [5.41, 5.74) is -1.21. The van der Waals surface area contributed by atoms with Crippen LogP contribution in [0.3, 0.4) is 0 Å². The molecule has 0 heterocycles. The van der Waals surface area contributed by atoms with Gasteiger partial charge < -0.3 is 24.0 Å². The van der Waals surface area contributed by atoms with E-state index in [1.165, 1.54) is 21.3 Å². The zero-order chi connectivity index (χ0) is 13.5. The summed E-state index contributed by atoms with van der Waals surface area (Å²) in [6, 6.07) is 0. The minimum Gasteiger partial charge on any atom is -0.409 e. The molecule has 0 unspecified atom stereocenters. The van der Waals surface area contributed by atoms with Crippen molar-refractivity contribution in [1.29, 1.82) is 0 Å². The molecule has 1 radical (unpaired) electrons. The van der Waals surface area contributed by atoms with Crippen LogP contribution in [-0.4, -0.2) is 46.8 Å². The third kappa shape index (κ3) is 4.21. The fraction of sp³-hybridized carbons (Fsp3) is 0.700. The highest BCUT2D eigenvalue weighted by Crippen LogP contribution is 2.13. The second-order valence-electron chi connectivity index (χ2n) is 3.32. The van der Waals surface area contributed by atoms with Crippen molar-refractivity contribution in [1.82, 2.24) is 4.98 Å². The topological polar surface area (TPSA) is 77.0 Å². The van der Waals surface area contributed by atoms with Crippen molar-refractivity contribution in [3.05, 3.63) is 12.2 Å². The average molecular weight is 262 g/mol. The lowest BCUT2D eigenvalue weighted by Crippen LogP contribution is -2.60. The van der Waals surface area contributed by atoms with E-state index in [2.05, 4.69) is 11.6 Å². The van der Waals surface area contributed by atoms with E-state index < -0.39 is 20.7 Å². The molecule has 1 amide bonds. The highest BCUT2D eigenvalue weighted by atomic mass is 28.3. The third-order valence-electron chi connectivity index (χ3n) is 2.20. The Bertz CT molecular complexity index is 259. The molecule has 0 aliphatic heterocycles. The average Bonchev–Trinajstić information content (AvgIpc) is 2.32. The summed E-state index contributed by atoms with van der Waals surface area (Å²) in [6.45, 7) is 5.57. The van der Waals surface area contributed by atoms with Crippen molar-refractivity contribution in [3.63, 3.8) is 0 Å². The number of carbonyl (C=O) groups is 1. The van der Waals surface area contributed by atoms with Crippen LogP contribution < -0.4 is 4.98 Å². The van der Waals surface area contributed by atoms with Gasteiger partial charge in [-0.15, -0.1) is 0 Å². The van der Waals surface area contributed by atoms with Gasteiger partial charge in [-0.25, -0.2) is 0 Å². The Kier molecular flexibility index (Phi) is 7.24. The van der Waals surface area contributed by atoms with Gasteiger partial charge >= 0.3 is 14.8 Å². The first-order chi connectivity index (χ1) is 7.97. The first-order valence-corrected chi connectivity index (χ1v) is 6.63. The van der Waals surface area contributed by atoms with Crippen LogP contribution in [0, 0.1) is 0 Å². The van der Waals surface area contributed by atoms with E-state index in [4.69, 9.17) is 14.2 Å². The summed E-state index contributed by atoms with van der Waals surface area (Å²) in [6.07, 6.45) is 1.38. The molecule has 17 heavy (non-hydrogen) atoms. The number of nitrogens with one attached hydrogen (secondary N) is 1. The van der Waals surface area contributed by atoms with Crippen molar-refractivity contribution in [2.75, 3.05) is 21.3 Å². The molecule has 0 saturated carbocycles. The van der Waals surface area contributed by atoms with Crippen molar-refractivity contribution in [2.24, 2.45) is 0 Å². The molecule has 0 aromatic rings. The van der Waals surface area contributed by atoms with E-state index >= 15 is 0 Å². The summed E-state index contributed by atoms with van der Waals surface area (Å²) in [7, 11) is 1.43. The number of amides is 1. The van der Waals surface area contributed by atoms with Crippen molar-refractivity contribution >= 4 is 15.1 Å². The Balaban J connectivity index is 4.56. The maximum atomic E-state index is 11.6. The molecular weight excluding hydrogens is 242 g/mol. The molecule has 0 atom stereocenters. The largest absolute Gasteiger partial charge is 0.446 e. The minimum atomic E-state index is -2.53. The SMILES string of the molecule is C=C(CCC)C(=O)N[Si](O)C(OC)(OC)OC. The molecular formula is C10H20NO5Si. The molecule has 0 aromatic carbocycles. The number of rotatable bonds is 8. The van der Waals surface area contributed by atoms with E-state index in [0.29, 0.717) is 12.0 Å². The normalized spacial score (nSPS) is 11.6. The zero-order valence-corrected chi connectivity index (χ0v) is 11.7. The first kappa shape index (κ1) is 16.3. The molecule has 0 spiro atoms. The summed E-state index contributed by atoms with van der Waals surface area (Å²) >= 11 is 0. The van der Waals surface area contributed by atoms with E-state index in [1.807, 2.05) is 6.92 Å². The first-order valence-electron chi connectivity index (χ1n) is 5.18. The highest BCUT2D eigenvalue weighted by Gasteiger charge is 2.45. The van der Waals surface area contributed by atoms with Crippen LogP contribution in [0.15, 0.2) is 12.2 Å². The fourth-order valence-electron chi connectivity index (χ4n) is 1.23. The van der Waals surface area contributed by atoms with Crippen LogP contribution >= 0.6 is 0 Å². The van der Waals surface area contributed by atoms with E-state index in [9.17, 15) is 9.59 Å². The second-order valence-corrected chi connectivity index (χ2v) is 4.88. The molecule has 0 fully saturated rings. The van der Waals surface area contributed by atoms with E-state index in [1.54, 1.807) is 0 Å². The predicted molar refractivity (Wildman–Crippen MR) is 63.9 cm³/mol. The number of ether oxygens (including phenoxy) is 3. The number of carbonyl (C=O) groups excluding carboxylic acids is 1. The summed E-state index contributed by atoms with van der Waals surface area (Å²) in [4.78, 5) is 23.9. The van der Waals surface area contributed by atoms with Crippen LogP contribution in [-0.2, 0) is 19.0 Å². The third-order valence-corrected chi connectivity index (χ3v) is 3.86. The maximum Gasteiger partial charge on any atom is 0.446 e. The van der Waals surface area contributed by atoms with Gasteiger partial charge in [0.2, 0.25) is 5.91 Å². The molecule has 6 nitrogen and oxygen atoms in total. The van der Waals surface area contributed by atoms with Crippen LogP contribution in [0.25, 0.3) is 0 Å². The number of hydrogen-bond acceptors (Lipinski definition) is 5. The second kappa shape index (κ2) is 7.57. The minimum absolute atomic E-state index is 0.404. The molecule has 0 aliphatic rings. The monoisotopic (exact) mass is 262 g/mol. The lowest BCUT2D eigenvalue weighted by Gasteiger charge is -2.30. The Hall–Kier alpha value is -0.733. The van der Waals surface area contributed by atoms with Crippen molar-refractivity contribution in [2.45, 2.75) is 25.4 Å². The Morgan fingerprint density at radius 2 is 1.82 bits per heavy atom. The van der Waals surface area contributed by atoms with Crippen LogP contribution in [0.5, 0.6) is 0 Å². The quantitative estimate of drug-likeness (QED) is 0.368. The smallest absolute Gasteiger partial charge is 0.409 e. The fourth-order valence-corrected chi connectivity index (χ4v) is 2.35. The van der Waals surface area contributed by atoms with Crippen molar-refractivity contribution < 1.29 is 23.8 Å². The van der Waals surface area contributed by atoms with E-state index in [0.717, 1.165) is 6.42 Å². The van der Waals surface area contributed by atoms with Crippen LogP contribution in [0.4, 0.5) is 0 Å². The lowest BCUT2D eigenvalue weighted by atomic mass is 10.2. The number of methoxy groups -OCH3 is 3. The van der Waals surface area contributed by atoms with Gasteiger partial charge in [0.15, 0.2) is 0 Å². The number of hydrogen-bond donors (Lipinski definition) is 2. The Labute approximate surface area is 103 Å². The Morgan fingerprint density at radius 3 is 2.18 bits per heavy atom. The van der Waals surface area contributed by atoms with Gasteiger partial charge in [-0.2, -0.15) is 0 Å². The van der Waals surface area contributed by atoms with Gasteiger partial charge in [-0.3, -0.25) is 4.79 Å².